The minimum atomic E-state index is -0.443. The number of pyridine rings is 1. The Hall–Kier alpha value is -1.68. The van der Waals surface area contributed by atoms with E-state index in [2.05, 4.69) is 10.3 Å². The third-order valence-corrected chi connectivity index (χ3v) is 3.50. The number of rotatable bonds is 3. The second kappa shape index (κ2) is 5.75. The van der Waals surface area contributed by atoms with E-state index >= 15 is 0 Å². The molecule has 1 N–H and O–H groups in total. The second-order valence-corrected chi connectivity index (χ2v) is 5.14. The van der Waals surface area contributed by atoms with Gasteiger partial charge in [-0.1, -0.05) is 11.6 Å². The van der Waals surface area contributed by atoms with E-state index < -0.39 is 17.7 Å². The summed E-state index contributed by atoms with van der Waals surface area (Å²) in [6.07, 6.45) is 1.60. The molecule has 0 spiro atoms. The molecule has 0 bridgehead atoms. The largest absolute Gasteiger partial charge is 0.376 e. The highest BCUT2D eigenvalue weighted by molar-refractivity contribution is 6.32. The van der Waals surface area contributed by atoms with Gasteiger partial charge in [0.2, 0.25) is 0 Å². The predicted molar refractivity (Wildman–Crippen MR) is 77.1 cm³/mol. The molecule has 0 fully saturated rings. The molecule has 2 aromatic rings. The molecular weight excluding hydrogens is 282 g/mol. The Morgan fingerprint density at radius 3 is 2.50 bits per heavy atom. The van der Waals surface area contributed by atoms with Gasteiger partial charge >= 0.3 is 0 Å². The molecule has 5 heteroatoms. The van der Waals surface area contributed by atoms with Gasteiger partial charge in [-0.15, -0.1) is 0 Å². The van der Waals surface area contributed by atoms with Gasteiger partial charge < -0.3 is 5.32 Å². The lowest BCUT2D eigenvalue weighted by molar-refractivity contribution is 0.571. The third-order valence-electron chi connectivity index (χ3n) is 3.22. The van der Waals surface area contributed by atoms with Crippen LogP contribution in [0.1, 0.15) is 29.7 Å². The van der Waals surface area contributed by atoms with Crippen molar-refractivity contribution in [1.29, 1.82) is 0 Å². The van der Waals surface area contributed by atoms with Gasteiger partial charge in [-0.3, -0.25) is 0 Å². The van der Waals surface area contributed by atoms with Crippen LogP contribution in [0, 0.1) is 25.5 Å². The summed E-state index contributed by atoms with van der Waals surface area (Å²) in [5.41, 5.74) is 2.06. The fourth-order valence-electron chi connectivity index (χ4n) is 1.99. The number of nitrogens with zero attached hydrogens (tertiary/aromatic N) is 1. The summed E-state index contributed by atoms with van der Waals surface area (Å²) in [6, 6.07) is 3.78. The first kappa shape index (κ1) is 14.7. The molecule has 1 heterocycles. The van der Waals surface area contributed by atoms with Crippen LogP contribution in [0.4, 0.5) is 14.5 Å². The topological polar surface area (TPSA) is 24.9 Å². The molecule has 0 radical (unpaired) electrons. The zero-order valence-corrected chi connectivity index (χ0v) is 12.2. The molecule has 0 aliphatic heterocycles. The van der Waals surface area contributed by atoms with Crippen LogP contribution in [0.15, 0.2) is 24.4 Å². The third kappa shape index (κ3) is 2.90. The lowest BCUT2D eigenvalue weighted by Gasteiger charge is -2.19. The number of halogens is 3. The van der Waals surface area contributed by atoms with E-state index in [0.29, 0.717) is 10.8 Å². The quantitative estimate of drug-likeness (QED) is 0.823. The van der Waals surface area contributed by atoms with Crippen molar-refractivity contribution in [3.8, 4) is 0 Å². The van der Waals surface area contributed by atoms with Crippen molar-refractivity contribution in [3.05, 3.63) is 57.9 Å². The minimum absolute atomic E-state index is 0.257. The highest BCUT2D eigenvalue weighted by atomic mass is 35.5. The molecule has 0 aliphatic carbocycles. The van der Waals surface area contributed by atoms with Crippen LogP contribution in [0.5, 0.6) is 0 Å². The maximum atomic E-state index is 13.9. The predicted octanol–water partition coefficient (Wildman–Crippen LogP) is 4.80. The van der Waals surface area contributed by atoms with E-state index in [1.165, 1.54) is 19.1 Å². The molecule has 106 valence electrons. The number of hydrogen-bond donors (Lipinski definition) is 1. The number of aryl methyl sites for hydroxylation is 2. The van der Waals surface area contributed by atoms with E-state index in [1.807, 2.05) is 6.92 Å². The molecule has 0 aliphatic rings. The highest BCUT2D eigenvalue weighted by Gasteiger charge is 2.16. The van der Waals surface area contributed by atoms with Crippen molar-refractivity contribution in [2.45, 2.75) is 26.8 Å². The standard InChI is InChI=1S/C15H15ClF2N2/c1-8-4-5-19-15(16)14(8)20-10(3)11-7-12(17)9(2)6-13(11)18/h4-7,10,20H,1-3H3. The summed E-state index contributed by atoms with van der Waals surface area (Å²) < 4.78 is 27.5. The monoisotopic (exact) mass is 296 g/mol. The van der Waals surface area contributed by atoms with E-state index in [9.17, 15) is 8.78 Å². The fourth-order valence-corrected chi connectivity index (χ4v) is 2.25. The minimum Gasteiger partial charge on any atom is -0.376 e. The molecule has 0 saturated heterocycles. The Bertz CT molecular complexity index is 624. The number of hydrogen-bond acceptors (Lipinski definition) is 2. The summed E-state index contributed by atoms with van der Waals surface area (Å²) in [5.74, 6) is -0.870. The molecule has 0 amide bonds. The molecule has 1 atom stereocenters. The van der Waals surface area contributed by atoms with Crippen molar-refractivity contribution >= 4 is 17.3 Å². The van der Waals surface area contributed by atoms with Gasteiger partial charge in [-0.05, 0) is 50.1 Å². The average molecular weight is 297 g/mol. The lowest BCUT2D eigenvalue weighted by Crippen LogP contribution is -2.11. The Kier molecular flexibility index (Phi) is 4.23. The highest BCUT2D eigenvalue weighted by Crippen LogP contribution is 2.29. The van der Waals surface area contributed by atoms with Crippen molar-refractivity contribution in [2.24, 2.45) is 0 Å². The first-order valence-electron chi connectivity index (χ1n) is 6.23. The first-order chi connectivity index (χ1) is 9.40. The van der Waals surface area contributed by atoms with Gasteiger partial charge in [0.1, 0.15) is 11.6 Å². The zero-order valence-electron chi connectivity index (χ0n) is 11.5. The number of benzene rings is 1. The molecule has 0 saturated carbocycles. The van der Waals surface area contributed by atoms with Crippen LogP contribution in [0.25, 0.3) is 0 Å². The van der Waals surface area contributed by atoms with Crippen LogP contribution in [-0.2, 0) is 0 Å². The first-order valence-corrected chi connectivity index (χ1v) is 6.61. The average Bonchev–Trinajstić information content (AvgIpc) is 2.38. The van der Waals surface area contributed by atoms with E-state index in [4.69, 9.17) is 11.6 Å². The molecule has 1 aromatic heterocycles. The van der Waals surface area contributed by atoms with Gasteiger partial charge in [0.05, 0.1) is 11.7 Å². The zero-order chi connectivity index (χ0) is 14.9. The molecule has 1 unspecified atom stereocenters. The van der Waals surface area contributed by atoms with Crippen molar-refractivity contribution in [3.63, 3.8) is 0 Å². The van der Waals surface area contributed by atoms with Gasteiger partial charge in [-0.2, -0.15) is 0 Å². The lowest BCUT2D eigenvalue weighted by atomic mass is 10.0. The molecule has 1 aromatic carbocycles. The summed E-state index contributed by atoms with van der Waals surface area (Å²) in [7, 11) is 0. The molecule has 20 heavy (non-hydrogen) atoms. The van der Waals surface area contributed by atoms with Gasteiger partial charge in [0, 0.05) is 11.8 Å². The molecular formula is C15H15ClF2N2. The normalized spacial score (nSPS) is 12.3. The Labute approximate surface area is 121 Å². The molecule has 2 nitrogen and oxygen atoms in total. The summed E-state index contributed by atoms with van der Waals surface area (Å²) >= 11 is 6.02. The number of aromatic nitrogens is 1. The van der Waals surface area contributed by atoms with E-state index in [-0.39, 0.29) is 11.1 Å². The molecule has 2 rings (SSSR count). The van der Waals surface area contributed by atoms with Crippen LogP contribution in [-0.4, -0.2) is 4.98 Å². The maximum absolute atomic E-state index is 13.9. The van der Waals surface area contributed by atoms with Crippen molar-refractivity contribution < 1.29 is 8.78 Å². The van der Waals surface area contributed by atoms with Gasteiger partial charge in [0.15, 0.2) is 5.15 Å². The van der Waals surface area contributed by atoms with Crippen molar-refractivity contribution in [2.75, 3.05) is 5.32 Å². The van der Waals surface area contributed by atoms with Crippen LogP contribution in [0.3, 0.4) is 0 Å². The van der Waals surface area contributed by atoms with Gasteiger partial charge in [-0.25, -0.2) is 13.8 Å². The maximum Gasteiger partial charge on any atom is 0.152 e. The Morgan fingerprint density at radius 1 is 1.15 bits per heavy atom. The smallest absolute Gasteiger partial charge is 0.152 e. The SMILES string of the molecule is Cc1cc(F)c(C(C)Nc2c(C)ccnc2Cl)cc1F. The van der Waals surface area contributed by atoms with Gasteiger partial charge in [0.25, 0.3) is 0 Å². The van der Waals surface area contributed by atoms with Crippen LogP contribution >= 0.6 is 11.6 Å². The fraction of sp³-hybridized carbons (Fsp3) is 0.267. The van der Waals surface area contributed by atoms with Crippen LogP contribution in [0.2, 0.25) is 5.15 Å². The Balaban J connectivity index is 2.33. The van der Waals surface area contributed by atoms with Crippen molar-refractivity contribution in [1.82, 2.24) is 4.98 Å². The second-order valence-electron chi connectivity index (χ2n) is 4.78. The van der Waals surface area contributed by atoms with E-state index in [1.54, 1.807) is 19.2 Å². The number of nitrogens with one attached hydrogen (secondary N) is 1. The summed E-state index contributed by atoms with van der Waals surface area (Å²) in [6.45, 7) is 5.15. The van der Waals surface area contributed by atoms with Crippen LogP contribution < -0.4 is 5.32 Å². The summed E-state index contributed by atoms with van der Waals surface area (Å²) in [5, 5.41) is 3.39. The number of anilines is 1. The Morgan fingerprint density at radius 2 is 1.85 bits per heavy atom. The summed E-state index contributed by atoms with van der Waals surface area (Å²) in [4.78, 5) is 3.98. The van der Waals surface area contributed by atoms with E-state index in [0.717, 1.165) is 5.56 Å².